The van der Waals surface area contributed by atoms with Crippen LogP contribution in [0.4, 0.5) is 0 Å². The van der Waals surface area contributed by atoms with E-state index in [0.29, 0.717) is 0 Å². The summed E-state index contributed by atoms with van der Waals surface area (Å²) >= 11 is 4.83. The molecule has 0 radical (unpaired) electrons. The van der Waals surface area contributed by atoms with Crippen molar-refractivity contribution in [2.45, 2.75) is 6.92 Å². The van der Waals surface area contributed by atoms with Gasteiger partial charge in [0.05, 0.1) is 0 Å². The van der Waals surface area contributed by atoms with Gasteiger partial charge in [0.15, 0.2) is 0 Å². The molecule has 1 nitrogen and oxygen atoms in total. The Morgan fingerprint density at radius 3 is 3.00 bits per heavy atom. The second-order valence-corrected chi connectivity index (χ2v) is 3.04. The number of rotatable bonds is 1. The maximum Gasteiger partial charge on any atom is 0.116 e. The van der Waals surface area contributed by atoms with Crippen LogP contribution in [-0.2, 0) is 0 Å². The second-order valence-electron chi connectivity index (χ2n) is 1.62. The summed E-state index contributed by atoms with van der Waals surface area (Å²) in [6.07, 6.45) is 1.93. The molecule has 1 heterocycles. The lowest BCUT2D eigenvalue weighted by molar-refractivity contribution is 1.25. The minimum absolute atomic E-state index is 1.05. The molecule has 0 aromatic carbocycles. The standard InChI is InChI=1S/C6H6BrNS/c1-5-4-9-6(8-5)2-3-7/h2-4H,1H3/b3-2+. The Kier molecular flexibility index (Phi) is 2.42. The largest absolute Gasteiger partial charge is 0.242 e. The third kappa shape index (κ3) is 1.91. The molecule has 0 unspecified atom stereocenters. The van der Waals surface area contributed by atoms with E-state index in [1.807, 2.05) is 23.4 Å². The van der Waals surface area contributed by atoms with Crippen molar-refractivity contribution in [2.75, 3.05) is 0 Å². The highest BCUT2D eigenvalue weighted by Gasteiger charge is 1.89. The topological polar surface area (TPSA) is 12.9 Å². The lowest BCUT2D eigenvalue weighted by Crippen LogP contribution is -1.68. The van der Waals surface area contributed by atoms with Crippen molar-refractivity contribution in [2.24, 2.45) is 0 Å². The van der Waals surface area contributed by atoms with Crippen LogP contribution in [0.1, 0.15) is 10.7 Å². The first-order valence-corrected chi connectivity index (χ1v) is 4.31. The molecule has 0 saturated heterocycles. The fourth-order valence-corrected chi connectivity index (χ4v) is 1.62. The lowest BCUT2D eigenvalue weighted by atomic mass is 10.6. The van der Waals surface area contributed by atoms with Gasteiger partial charge in [-0.15, -0.1) is 11.3 Å². The monoisotopic (exact) mass is 203 g/mol. The molecule has 0 spiro atoms. The average Bonchev–Trinajstić information content (AvgIpc) is 2.17. The van der Waals surface area contributed by atoms with Crippen molar-refractivity contribution in [3.05, 3.63) is 21.1 Å². The van der Waals surface area contributed by atoms with E-state index in [0.717, 1.165) is 10.7 Å². The summed E-state index contributed by atoms with van der Waals surface area (Å²) in [6.45, 7) is 1.99. The molecule has 0 aliphatic heterocycles. The van der Waals surface area contributed by atoms with Gasteiger partial charge in [0.2, 0.25) is 0 Å². The van der Waals surface area contributed by atoms with Crippen molar-refractivity contribution in [1.82, 2.24) is 4.98 Å². The van der Waals surface area contributed by atoms with Crippen LogP contribution < -0.4 is 0 Å². The van der Waals surface area contributed by atoms with Crippen LogP contribution in [0.5, 0.6) is 0 Å². The van der Waals surface area contributed by atoms with E-state index in [2.05, 4.69) is 20.9 Å². The molecule has 0 N–H and O–H groups in total. The summed E-state index contributed by atoms with van der Waals surface area (Å²) in [5.74, 6) is 0. The third-order valence-corrected chi connectivity index (χ3v) is 2.03. The predicted molar refractivity (Wildman–Crippen MR) is 44.8 cm³/mol. The summed E-state index contributed by atoms with van der Waals surface area (Å²) in [7, 11) is 0. The molecule has 0 aliphatic rings. The molecule has 1 rings (SSSR count). The molecule has 0 fully saturated rings. The van der Waals surface area contributed by atoms with Crippen LogP contribution >= 0.6 is 27.3 Å². The first kappa shape index (κ1) is 6.96. The normalized spacial score (nSPS) is 10.9. The van der Waals surface area contributed by atoms with Crippen molar-refractivity contribution >= 4 is 33.3 Å². The Morgan fingerprint density at radius 2 is 2.56 bits per heavy atom. The number of aromatic nitrogens is 1. The molecule has 0 saturated carbocycles. The minimum atomic E-state index is 1.05. The SMILES string of the molecule is Cc1csc(/C=C/Br)n1. The van der Waals surface area contributed by atoms with Crippen LogP contribution in [0, 0.1) is 6.92 Å². The van der Waals surface area contributed by atoms with Crippen LogP contribution in [0.2, 0.25) is 0 Å². The van der Waals surface area contributed by atoms with E-state index in [9.17, 15) is 0 Å². The van der Waals surface area contributed by atoms with Gasteiger partial charge in [0.25, 0.3) is 0 Å². The number of hydrogen-bond donors (Lipinski definition) is 0. The molecule has 1 aromatic rings. The number of nitrogens with zero attached hydrogens (tertiary/aromatic N) is 1. The number of hydrogen-bond acceptors (Lipinski definition) is 2. The van der Waals surface area contributed by atoms with Crippen molar-refractivity contribution < 1.29 is 0 Å². The van der Waals surface area contributed by atoms with Gasteiger partial charge >= 0.3 is 0 Å². The third-order valence-electron chi connectivity index (χ3n) is 0.842. The smallest absolute Gasteiger partial charge is 0.116 e. The van der Waals surface area contributed by atoms with Crippen LogP contribution in [-0.4, -0.2) is 4.98 Å². The van der Waals surface area contributed by atoms with E-state index in [1.54, 1.807) is 11.3 Å². The van der Waals surface area contributed by atoms with Gasteiger partial charge in [0.1, 0.15) is 5.01 Å². The fourth-order valence-electron chi connectivity index (χ4n) is 0.503. The Balaban J connectivity index is 2.85. The minimum Gasteiger partial charge on any atom is -0.242 e. The number of thiazole rings is 1. The molecule has 0 atom stereocenters. The van der Waals surface area contributed by atoms with Gasteiger partial charge in [-0.2, -0.15) is 0 Å². The van der Waals surface area contributed by atoms with Gasteiger partial charge in [-0.1, -0.05) is 15.9 Å². The summed E-state index contributed by atoms with van der Waals surface area (Å²) in [5.41, 5.74) is 1.08. The lowest BCUT2D eigenvalue weighted by Gasteiger charge is -1.75. The molecule has 0 bridgehead atoms. The van der Waals surface area contributed by atoms with Crippen LogP contribution in [0.25, 0.3) is 6.08 Å². The highest BCUT2D eigenvalue weighted by molar-refractivity contribution is 9.11. The van der Waals surface area contributed by atoms with Crippen molar-refractivity contribution in [3.63, 3.8) is 0 Å². The van der Waals surface area contributed by atoms with Crippen molar-refractivity contribution in [3.8, 4) is 0 Å². The maximum absolute atomic E-state index is 4.20. The second kappa shape index (κ2) is 3.13. The van der Waals surface area contributed by atoms with E-state index in [4.69, 9.17) is 0 Å². The van der Waals surface area contributed by atoms with E-state index in [1.165, 1.54) is 0 Å². The highest BCUT2D eigenvalue weighted by Crippen LogP contribution is 2.10. The van der Waals surface area contributed by atoms with E-state index < -0.39 is 0 Å². The number of halogens is 1. The number of aryl methyl sites for hydroxylation is 1. The van der Waals surface area contributed by atoms with Crippen LogP contribution in [0.15, 0.2) is 10.4 Å². The molecule has 0 aliphatic carbocycles. The van der Waals surface area contributed by atoms with Gasteiger partial charge < -0.3 is 0 Å². The summed E-state index contributed by atoms with van der Waals surface area (Å²) < 4.78 is 0. The fraction of sp³-hybridized carbons (Fsp3) is 0.167. The molecular formula is C6H6BrNS. The van der Waals surface area contributed by atoms with E-state index >= 15 is 0 Å². The predicted octanol–water partition coefficient (Wildman–Crippen LogP) is 2.82. The zero-order valence-electron chi connectivity index (χ0n) is 4.97. The zero-order valence-corrected chi connectivity index (χ0v) is 7.37. The summed E-state index contributed by atoms with van der Waals surface area (Å²) in [6, 6.07) is 0. The Bertz CT molecular complexity index is 217. The van der Waals surface area contributed by atoms with Crippen LogP contribution in [0.3, 0.4) is 0 Å². The Morgan fingerprint density at radius 1 is 1.78 bits per heavy atom. The average molecular weight is 204 g/mol. The van der Waals surface area contributed by atoms with Gasteiger partial charge in [-0.05, 0) is 18.0 Å². The molecule has 9 heavy (non-hydrogen) atoms. The van der Waals surface area contributed by atoms with Gasteiger partial charge in [-0.3, -0.25) is 0 Å². The highest BCUT2D eigenvalue weighted by atomic mass is 79.9. The molecule has 1 aromatic heterocycles. The molecule has 3 heteroatoms. The molecule has 48 valence electrons. The summed E-state index contributed by atoms with van der Waals surface area (Å²) in [4.78, 5) is 6.01. The van der Waals surface area contributed by atoms with Crippen molar-refractivity contribution in [1.29, 1.82) is 0 Å². The summed E-state index contributed by atoms with van der Waals surface area (Å²) in [5, 5.41) is 3.08. The first-order chi connectivity index (χ1) is 4.33. The Labute approximate surface area is 66.6 Å². The molecular weight excluding hydrogens is 198 g/mol. The molecule has 0 amide bonds. The van der Waals surface area contributed by atoms with Gasteiger partial charge in [0, 0.05) is 11.1 Å². The van der Waals surface area contributed by atoms with Gasteiger partial charge in [-0.25, -0.2) is 4.98 Å². The maximum atomic E-state index is 4.20. The van der Waals surface area contributed by atoms with E-state index in [-0.39, 0.29) is 0 Å². The zero-order chi connectivity index (χ0) is 6.69. The first-order valence-electron chi connectivity index (χ1n) is 2.52. The quantitative estimate of drug-likeness (QED) is 0.685. The Hall–Kier alpha value is -0.150.